The number of aromatic nitrogens is 1. The van der Waals surface area contributed by atoms with Gasteiger partial charge in [-0.25, -0.2) is 14.6 Å². The van der Waals surface area contributed by atoms with Crippen molar-refractivity contribution in [2.24, 2.45) is 0 Å². The highest BCUT2D eigenvalue weighted by atomic mass is 16.5. The lowest BCUT2D eigenvalue weighted by Crippen LogP contribution is -2.20. The number of carbonyl (C=O) groups is 3. The summed E-state index contributed by atoms with van der Waals surface area (Å²) in [4.78, 5) is 39.5. The summed E-state index contributed by atoms with van der Waals surface area (Å²) < 4.78 is 9.53. The number of para-hydroxylation sites is 1. The third-order valence-electron chi connectivity index (χ3n) is 3.95. The number of esters is 2. The van der Waals surface area contributed by atoms with Gasteiger partial charge < -0.3 is 14.8 Å². The zero-order valence-electron chi connectivity index (χ0n) is 15.6. The van der Waals surface area contributed by atoms with Gasteiger partial charge >= 0.3 is 11.9 Å². The van der Waals surface area contributed by atoms with Gasteiger partial charge in [-0.05, 0) is 42.5 Å². The third kappa shape index (κ3) is 5.49. The van der Waals surface area contributed by atoms with Crippen LogP contribution in [0.25, 0.3) is 17.0 Å². The Kier molecular flexibility index (Phi) is 6.32. The number of hydrogen-bond donors (Lipinski definition) is 1. The number of nitrogens with one attached hydrogen (secondary N) is 1. The lowest BCUT2D eigenvalue weighted by atomic mass is 10.2. The first kappa shape index (κ1) is 19.8. The highest BCUT2D eigenvalue weighted by Gasteiger charge is 2.08. The summed E-state index contributed by atoms with van der Waals surface area (Å²) in [6.45, 7) is -0.437. The van der Waals surface area contributed by atoms with Gasteiger partial charge in [0.2, 0.25) is 0 Å². The summed E-state index contributed by atoms with van der Waals surface area (Å²) >= 11 is 0. The van der Waals surface area contributed by atoms with Crippen LogP contribution in [-0.2, 0) is 19.1 Å². The molecular formula is C22H18N2O5. The van der Waals surface area contributed by atoms with Crippen molar-refractivity contribution < 1.29 is 23.9 Å². The average molecular weight is 390 g/mol. The minimum absolute atomic E-state index is 0.365. The molecule has 0 aliphatic heterocycles. The lowest BCUT2D eigenvalue weighted by Gasteiger charge is -2.06. The number of pyridine rings is 1. The van der Waals surface area contributed by atoms with Gasteiger partial charge in [0.25, 0.3) is 5.91 Å². The zero-order chi connectivity index (χ0) is 20.6. The number of benzene rings is 2. The van der Waals surface area contributed by atoms with E-state index in [0.717, 1.165) is 10.9 Å². The van der Waals surface area contributed by atoms with Crippen LogP contribution in [0.1, 0.15) is 16.1 Å². The van der Waals surface area contributed by atoms with E-state index in [1.165, 1.54) is 31.4 Å². The molecule has 29 heavy (non-hydrogen) atoms. The number of fused-ring (bicyclic) bond motifs is 1. The first-order valence-corrected chi connectivity index (χ1v) is 8.74. The number of ether oxygens (including phenoxy) is 2. The van der Waals surface area contributed by atoms with Crippen molar-refractivity contribution in [3.63, 3.8) is 0 Å². The van der Waals surface area contributed by atoms with Crippen molar-refractivity contribution >= 4 is 40.5 Å². The van der Waals surface area contributed by atoms with Gasteiger partial charge in [0.15, 0.2) is 6.61 Å². The number of hydrogen-bond acceptors (Lipinski definition) is 6. The Labute approximate surface area is 167 Å². The Morgan fingerprint density at radius 3 is 2.52 bits per heavy atom. The van der Waals surface area contributed by atoms with Gasteiger partial charge in [-0.1, -0.05) is 24.3 Å². The molecule has 7 heteroatoms. The number of rotatable bonds is 6. The predicted octanol–water partition coefficient (Wildman–Crippen LogP) is 3.22. The Balaban J connectivity index is 1.49. The fourth-order valence-corrected chi connectivity index (χ4v) is 2.52. The second-order valence-corrected chi connectivity index (χ2v) is 5.99. The molecule has 0 radical (unpaired) electrons. The summed E-state index contributed by atoms with van der Waals surface area (Å²) in [5, 5.41) is 3.57. The highest BCUT2D eigenvalue weighted by Crippen LogP contribution is 2.13. The minimum atomic E-state index is -0.656. The molecule has 0 bridgehead atoms. The Hall–Kier alpha value is -4.00. The largest absolute Gasteiger partial charge is 0.465 e. The molecule has 1 amide bonds. The summed E-state index contributed by atoms with van der Waals surface area (Å²) in [6.07, 6.45) is 2.74. The van der Waals surface area contributed by atoms with Gasteiger partial charge in [0.05, 0.1) is 23.9 Å². The summed E-state index contributed by atoms with van der Waals surface area (Å²) in [6, 6.07) is 17.5. The number of methoxy groups -OCH3 is 1. The van der Waals surface area contributed by atoms with Crippen LogP contribution in [0.5, 0.6) is 0 Å². The van der Waals surface area contributed by atoms with E-state index in [9.17, 15) is 14.4 Å². The van der Waals surface area contributed by atoms with Crippen molar-refractivity contribution in [1.82, 2.24) is 4.98 Å². The molecule has 3 aromatic rings. The molecule has 7 nitrogen and oxygen atoms in total. The molecule has 2 aromatic carbocycles. The molecule has 0 aliphatic carbocycles. The van der Waals surface area contributed by atoms with Gasteiger partial charge in [-0.3, -0.25) is 4.79 Å². The summed E-state index contributed by atoms with van der Waals surface area (Å²) in [7, 11) is 1.29. The van der Waals surface area contributed by atoms with Crippen molar-refractivity contribution in [1.29, 1.82) is 0 Å². The SMILES string of the molecule is COC(=O)c1ccc(NC(=O)COC(=O)/C=C/c2ccc3ccccc3n2)cc1. The molecule has 3 rings (SSSR count). The summed E-state index contributed by atoms with van der Waals surface area (Å²) in [5.41, 5.74) is 2.26. The van der Waals surface area contributed by atoms with Gasteiger partial charge in [-0.2, -0.15) is 0 Å². The van der Waals surface area contributed by atoms with Crippen LogP contribution in [0.15, 0.2) is 66.7 Å². The minimum Gasteiger partial charge on any atom is -0.465 e. The molecular weight excluding hydrogens is 372 g/mol. The molecule has 1 aromatic heterocycles. The molecule has 0 unspecified atom stereocenters. The molecule has 0 aliphatic rings. The van der Waals surface area contributed by atoms with E-state index < -0.39 is 24.5 Å². The molecule has 0 spiro atoms. The van der Waals surface area contributed by atoms with Crippen molar-refractivity contribution in [2.75, 3.05) is 19.0 Å². The lowest BCUT2D eigenvalue weighted by molar-refractivity contribution is -0.142. The van der Waals surface area contributed by atoms with E-state index in [1.807, 2.05) is 30.3 Å². The molecule has 0 atom stereocenters. The van der Waals surface area contributed by atoms with Crippen LogP contribution in [0, 0.1) is 0 Å². The smallest absolute Gasteiger partial charge is 0.337 e. The number of carbonyl (C=O) groups excluding carboxylic acids is 3. The Morgan fingerprint density at radius 2 is 1.76 bits per heavy atom. The maximum Gasteiger partial charge on any atom is 0.337 e. The van der Waals surface area contributed by atoms with E-state index in [-0.39, 0.29) is 0 Å². The third-order valence-corrected chi connectivity index (χ3v) is 3.95. The Bertz CT molecular complexity index is 1070. The second kappa shape index (κ2) is 9.27. The van der Waals surface area contributed by atoms with E-state index in [2.05, 4.69) is 15.0 Å². The molecule has 146 valence electrons. The van der Waals surface area contributed by atoms with Crippen LogP contribution in [0.3, 0.4) is 0 Å². The topological polar surface area (TPSA) is 94.6 Å². The van der Waals surface area contributed by atoms with Crippen molar-refractivity contribution in [3.8, 4) is 0 Å². The first-order valence-electron chi connectivity index (χ1n) is 8.74. The maximum absolute atomic E-state index is 11.9. The average Bonchev–Trinajstić information content (AvgIpc) is 2.76. The maximum atomic E-state index is 11.9. The van der Waals surface area contributed by atoms with E-state index in [4.69, 9.17) is 4.74 Å². The molecule has 0 fully saturated rings. The quantitative estimate of drug-likeness (QED) is 0.513. The van der Waals surface area contributed by atoms with Gasteiger partial charge in [-0.15, -0.1) is 0 Å². The zero-order valence-corrected chi connectivity index (χ0v) is 15.6. The molecule has 0 saturated heterocycles. The molecule has 1 heterocycles. The standard InChI is InChI=1S/C22H18N2O5/c1-28-22(27)16-7-10-18(11-8-16)24-20(25)14-29-21(26)13-12-17-9-6-15-4-2-3-5-19(15)23-17/h2-13H,14H2,1H3,(H,24,25)/b13-12+. The fourth-order valence-electron chi connectivity index (χ4n) is 2.52. The number of amides is 1. The van der Waals surface area contributed by atoms with Crippen LogP contribution in [0.4, 0.5) is 5.69 Å². The first-order chi connectivity index (χ1) is 14.0. The van der Waals surface area contributed by atoms with E-state index in [0.29, 0.717) is 16.9 Å². The highest BCUT2D eigenvalue weighted by molar-refractivity contribution is 5.95. The monoisotopic (exact) mass is 390 g/mol. The van der Waals surface area contributed by atoms with Gasteiger partial charge in [0.1, 0.15) is 0 Å². The molecule has 1 N–H and O–H groups in total. The fraction of sp³-hybridized carbons (Fsp3) is 0.0909. The van der Waals surface area contributed by atoms with Crippen LogP contribution < -0.4 is 5.32 Å². The molecule has 0 saturated carbocycles. The van der Waals surface area contributed by atoms with Gasteiger partial charge in [0, 0.05) is 17.1 Å². The summed E-state index contributed by atoms with van der Waals surface area (Å²) in [5.74, 6) is -1.62. The van der Waals surface area contributed by atoms with Crippen LogP contribution >= 0.6 is 0 Å². The second-order valence-electron chi connectivity index (χ2n) is 5.99. The van der Waals surface area contributed by atoms with E-state index in [1.54, 1.807) is 18.2 Å². The van der Waals surface area contributed by atoms with Crippen molar-refractivity contribution in [3.05, 3.63) is 78.0 Å². The normalized spacial score (nSPS) is 10.7. The van der Waals surface area contributed by atoms with Crippen molar-refractivity contribution in [2.45, 2.75) is 0 Å². The van der Waals surface area contributed by atoms with E-state index >= 15 is 0 Å². The number of anilines is 1. The Morgan fingerprint density at radius 1 is 1.00 bits per heavy atom. The van der Waals surface area contributed by atoms with Crippen LogP contribution in [-0.4, -0.2) is 36.5 Å². The van der Waals surface area contributed by atoms with Crippen LogP contribution in [0.2, 0.25) is 0 Å². The predicted molar refractivity (Wildman–Crippen MR) is 108 cm³/mol. The number of nitrogens with zero attached hydrogens (tertiary/aromatic N) is 1.